The molecule has 0 radical (unpaired) electrons. The monoisotopic (exact) mass is 204 g/mol. The normalized spacial score (nSPS) is 9.67. The second kappa shape index (κ2) is 4.50. The van der Waals surface area contributed by atoms with E-state index in [1.807, 2.05) is 0 Å². The van der Waals surface area contributed by atoms with Gasteiger partial charge in [-0.25, -0.2) is 4.98 Å². The van der Waals surface area contributed by atoms with Crippen LogP contribution in [-0.2, 0) is 11.3 Å². The van der Waals surface area contributed by atoms with Crippen LogP contribution in [-0.4, -0.2) is 15.3 Å². The molecule has 1 aromatic heterocycles. The molecule has 0 aromatic carbocycles. The molecule has 1 rings (SSSR count). The number of ketones is 1. The molecule has 0 unspecified atom stereocenters. The zero-order valence-electron chi connectivity index (χ0n) is 8.56. The predicted molar refractivity (Wildman–Crippen MR) is 59.4 cm³/mol. The maximum atomic E-state index is 11.8. The molecule has 0 spiro atoms. The van der Waals surface area contributed by atoms with Gasteiger partial charge in [0.1, 0.15) is 5.78 Å². The quantitative estimate of drug-likeness (QED) is 0.738. The molecule has 0 bridgehead atoms. The van der Waals surface area contributed by atoms with E-state index in [0.717, 1.165) is 0 Å². The molecule has 0 fully saturated rings. The SMILES string of the molecule is C=Cc1ncn(CC(C)=O)c(=O)c1C=C. The minimum absolute atomic E-state index is 0.0318. The van der Waals surface area contributed by atoms with E-state index in [1.54, 1.807) is 0 Å². The Morgan fingerprint density at radius 2 is 2.20 bits per heavy atom. The summed E-state index contributed by atoms with van der Waals surface area (Å²) in [5, 5.41) is 0. The molecule has 4 heteroatoms. The van der Waals surface area contributed by atoms with Crippen molar-refractivity contribution in [3.63, 3.8) is 0 Å². The Balaban J connectivity index is 3.35. The fourth-order valence-corrected chi connectivity index (χ4v) is 1.23. The van der Waals surface area contributed by atoms with Gasteiger partial charge in [0.05, 0.1) is 24.1 Å². The van der Waals surface area contributed by atoms with E-state index in [2.05, 4.69) is 18.1 Å². The highest BCUT2D eigenvalue weighted by Crippen LogP contribution is 2.02. The number of hydrogen-bond acceptors (Lipinski definition) is 3. The van der Waals surface area contributed by atoms with Crippen LogP contribution in [0.5, 0.6) is 0 Å². The van der Waals surface area contributed by atoms with Gasteiger partial charge in [-0.3, -0.25) is 14.2 Å². The van der Waals surface area contributed by atoms with Crippen LogP contribution in [0.4, 0.5) is 0 Å². The Bertz CT molecular complexity index is 472. The Hall–Kier alpha value is -1.97. The zero-order valence-corrected chi connectivity index (χ0v) is 8.56. The van der Waals surface area contributed by atoms with E-state index in [1.165, 1.54) is 30.0 Å². The van der Waals surface area contributed by atoms with Crippen molar-refractivity contribution in [3.8, 4) is 0 Å². The second-order valence-corrected chi connectivity index (χ2v) is 3.09. The van der Waals surface area contributed by atoms with Gasteiger partial charge < -0.3 is 0 Å². The van der Waals surface area contributed by atoms with E-state index in [9.17, 15) is 9.59 Å². The molecule has 0 saturated heterocycles. The van der Waals surface area contributed by atoms with Crippen molar-refractivity contribution in [1.82, 2.24) is 9.55 Å². The molecule has 1 aromatic rings. The molecule has 15 heavy (non-hydrogen) atoms. The Labute approximate surface area is 87.6 Å². The molecule has 0 saturated carbocycles. The lowest BCUT2D eigenvalue weighted by Gasteiger charge is -2.05. The molecule has 1 heterocycles. The van der Waals surface area contributed by atoms with Gasteiger partial charge in [-0.1, -0.05) is 19.2 Å². The summed E-state index contributed by atoms with van der Waals surface area (Å²) in [7, 11) is 0. The van der Waals surface area contributed by atoms with Crippen molar-refractivity contribution >= 4 is 17.9 Å². The number of rotatable bonds is 4. The van der Waals surface area contributed by atoms with E-state index >= 15 is 0 Å². The number of aromatic nitrogens is 2. The summed E-state index contributed by atoms with van der Waals surface area (Å²) in [6.45, 7) is 8.53. The topological polar surface area (TPSA) is 52.0 Å². The van der Waals surface area contributed by atoms with Crippen molar-refractivity contribution in [2.24, 2.45) is 0 Å². The third-order valence-electron chi connectivity index (χ3n) is 1.89. The molecule has 0 aliphatic heterocycles. The van der Waals surface area contributed by atoms with Crippen LogP contribution in [0.15, 0.2) is 24.3 Å². The van der Waals surface area contributed by atoms with Gasteiger partial charge in [0.2, 0.25) is 0 Å². The first kappa shape index (κ1) is 11.1. The molecule has 0 N–H and O–H groups in total. The van der Waals surface area contributed by atoms with Crippen molar-refractivity contribution in [3.05, 3.63) is 41.1 Å². The lowest BCUT2D eigenvalue weighted by molar-refractivity contribution is -0.117. The van der Waals surface area contributed by atoms with Crippen LogP contribution in [0.25, 0.3) is 12.2 Å². The summed E-state index contributed by atoms with van der Waals surface area (Å²) in [6, 6.07) is 0. The van der Waals surface area contributed by atoms with E-state index < -0.39 is 0 Å². The highest BCUT2D eigenvalue weighted by Gasteiger charge is 2.07. The Morgan fingerprint density at radius 3 is 2.67 bits per heavy atom. The Kier molecular flexibility index (Phi) is 3.33. The number of Topliss-reactive ketones (excluding diaryl/α,β-unsaturated/α-hetero) is 1. The fraction of sp³-hybridized carbons (Fsp3) is 0.182. The average molecular weight is 204 g/mol. The van der Waals surface area contributed by atoms with E-state index in [0.29, 0.717) is 11.3 Å². The third kappa shape index (κ3) is 2.28. The van der Waals surface area contributed by atoms with Crippen LogP contribution in [0.2, 0.25) is 0 Å². The summed E-state index contributed by atoms with van der Waals surface area (Å²) < 4.78 is 1.26. The van der Waals surface area contributed by atoms with Crippen LogP contribution in [0.1, 0.15) is 18.2 Å². The van der Waals surface area contributed by atoms with Crippen molar-refractivity contribution in [2.45, 2.75) is 13.5 Å². The van der Waals surface area contributed by atoms with Gasteiger partial charge in [0.15, 0.2) is 0 Å². The molecule has 4 nitrogen and oxygen atoms in total. The van der Waals surface area contributed by atoms with Crippen LogP contribution >= 0.6 is 0 Å². The highest BCUT2D eigenvalue weighted by molar-refractivity contribution is 5.75. The predicted octanol–water partition coefficient (Wildman–Crippen LogP) is 1.12. The number of nitrogens with zero attached hydrogens (tertiary/aromatic N) is 2. The first-order chi connectivity index (χ1) is 7.10. The lowest BCUT2D eigenvalue weighted by atomic mass is 10.2. The first-order valence-corrected chi connectivity index (χ1v) is 4.44. The smallest absolute Gasteiger partial charge is 0.261 e. The Morgan fingerprint density at radius 1 is 1.53 bits per heavy atom. The van der Waals surface area contributed by atoms with Gasteiger partial charge in [-0.05, 0) is 13.0 Å². The summed E-state index contributed by atoms with van der Waals surface area (Å²) in [5.41, 5.74) is 0.577. The zero-order chi connectivity index (χ0) is 11.4. The molecule has 0 aliphatic carbocycles. The van der Waals surface area contributed by atoms with Gasteiger partial charge in [-0.2, -0.15) is 0 Å². The van der Waals surface area contributed by atoms with Gasteiger partial charge in [0.25, 0.3) is 5.56 Å². The summed E-state index contributed by atoms with van der Waals surface area (Å²) in [4.78, 5) is 26.7. The second-order valence-electron chi connectivity index (χ2n) is 3.09. The standard InChI is InChI=1S/C11H12N2O2/c1-4-9-10(5-2)12-7-13(11(9)15)6-8(3)14/h4-5,7H,1-2,6H2,3H3. The highest BCUT2D eigenvalue weighted by atomic mass is 16.1. The molecular weight excluding hydrogens is 192 g/mol. The fourth-order valence-electron chi connectivity index (χ4n) is 1.23. The van der Waals surface area contributed by atoms with E-state index in [4.69, 9.17) is 0 Å². The summed E-state index contributed by atoms with van der Waals surface area (Å²) in [5.74, 6) is -0.0970. The third-order valence-corrected chi connectivity index (χ3v) is 1.89. The maximum Gasteiger partial charge on any atom is 0.261 e. The van der Waals surface area contributed by atoms with Crippen LogP contribution < -0.4 is 5.56 Å². The molecule has 78 valence electrons. The van der Waals surface area contributed by atoms with Gasteiger partial charge in [-0.15, -0.1) is 0 Å². The van der Waals surface area contributed by atoms with Gasteiger partial charge >= 0.3 is 0 Å². The summed E-state index contributed by atoms with van der Waals surface area (Å²) in [6.07, 6.45) is 4.24. The van der Waals surface area contributed by atoms with Crippen molar-refractivity contribution in [2.75, 3.05) is 0 Å². The molecular formula is C11H12N2O2. The van der Waals surface area contributed by atoms with Gasteiger partial charge in [0, 0.05) is 0 Å². The lowest BCUT2D eigenvalue weighted by Crippen LogP contribution is -2.26. The van der Waals surface area contributed by atoms with Crippen LogP contribution in [0.3, 0.4) is 0 Å². The van der Waals surface area contributed by atoms with E-state index in [-0.39, 0.29) is 17.9 Å². The number of hydrogen-bond donors (Lipinski definition) is 0. The molecule has 0 atom stereocenters. The maximum absolute atomic E-state index is 11.8. The van der Waals surface area contributed by atoms with Crippen LogP contribution in [0, 0.1) is 0 Å². The van der Waals surface area contributed by atoms with Crippen molar-refractivity contribution in [1.29, 1.82) is 0 Å². The van der Waals surface area contributed by atoms with Crippen molar-refractivity contribution < 1.29 is 4.79 Å². The summed E-state index contributed by atoms with van der Waals surface area (Å²) >= 11 is 0. The molecule has 0 aliphatic rings. The average Bonchev–Trinajstić information content (AvgIpc) is 2.20. The largest absolute Gasteiger partial charge is 0.298 e. The molecule has 0 amide bonds. The first-order valence-electron chi connectivity index (χ1n) is 4.44. The number of carbonyl (C=O) groups excluding carboxylic acids is 1. The number of carbonyl (C=O) groups is 1. The minimum Gasteiger partial charge on any atom is -0.298 e. The minimum atomic E-state index is -0.273.